The van der Waals surface area contributed by atoms with E-state index in [1.165, 1.54) is 18.0 Å². The second kappa shape index (κ2) is 7.44. The number of H-pyrrole nitrogens is 1. The van der Waals surface area contributed by atoms with E-state index in [1.54, 1.807) is 7.11 Å². The molecule has 1 fully saturated rings. The fourth-order valence-electron chi connectivity index (χ4n) is 2.57. The van der Waals surface area contributed by atoms with Gasteiger partial charge in [0.2, 0.25) is 0 Å². The molecule has 0 aliphatic carbocycles. The molecule has 1 aliphatic heterocycles. The van der Waals surface area contributed by atoms with E-state index >= 15 is 0 Å². The molecule has 0 radical (unpaired) electrons. The molecule has 1 aromatic carbocycles. The Morgan fingerprint density at radius 2 is 1.92 bits per heavy atom. The van der Waals surface area contributed by atoms with Gasteiger partial charge in [-0.05, 0) is 24.3 Å². The van der Waals surface area contributed by atoms with E-state index in [2.05, 4.69) is 4.98 Å². The van der Waals surface area contributed by atoms with Gasteiger partial charge >= 0.3 is 5.69 Å². The van der Waals surface area contributed by atoms with Gasteiger partial charge in [0, 0.05) is 22.9 Å². The number of methoxy groups -OCH3 is 1. The van der Waals surface area contributed by atoms with Crippen molar-refractivity contribution >= 4 is 11.8 Å². The summed E-state index contributed by atoms with van der Waals surface area (Å²) in [5, 5.41) is 20.4. The summed E-state index contributed by atoms with van der Waals surface area (Å²) in [6, 6.07) is 8.57. The smallest absolute Gasteiger partial charge is 0.330 e. The summed E-state index contributed by atoms with van der Waals surface area (Å²) in [4.78, 5) is 26.0. The molecule has 0 bridgehead atoms. The molecule has 2 aromatic rings. The van der Waals surface area contributed by atoms with Crippen LogP contribution in [0.3, 0.4) is 0 Å². The van der Waals surface area contributed by atoms with Crippen molar-refractivity contribution in [3.8, 4) is 5.75 Å². The topological polar surface area (TPSA) is 114 Å². The Kier molecular flexibility index (Phi) is 5.28. The maximum atomic E-state index is 11.8. The predicted molar refractivity (Wildman–Crippen MR) is 91.0 cm³/mol. The molecule has 0 amide bonds. The third-order valence-corrected chi connectivity index (χ3v) is 5.04. The molecule has 134 valence electrons. The number of nitrogens with zero attached hydrogens (tertiary/aromatic N) is 1. The predicted octanol–water partition coefficient (Wildman–Crippen LogP) is -0.0433. The molecule has 1 saturated heterocycles. The standard InChI is InChI=1S/C16H18N2O6S/c1-23-9-2-4-10(5-3-9)25-8-11-13(20)14(21)15(24-11)18-7-6-12(19)17-16(18)22/h2-7,11,13-15,20-21H,8H2,1H3,(H,17,19,22)/t11-,13-,14-,15-/m1/s1. The molecular weight excluding hydrogens is 348 g/mol. The molecule has 3 rings (SSSR count). The SMILES string of the molecule is COc1ccc(SC[C@H]2O[C@@H](n3ccc(=O)[nH]c3=O)[C@H](O)[C@@H]2O)cc1. The largest absolute Gasteiger partial charge is 0.497 e. The van der Waals surface area contributed by atoms with Gasteiger partial charge in [-0.3, -0.25) is 14.3 Å². The highest BCUT2D eigenvalue weighted by Gasteiger charge is 2.43. The molecular formula is C16H18N2O6S. The highest BCUT2D eigenvalue weighted by atomic mass is 32.2. The van der Waals surface area contributed by atoms with E-state index in [4.69, 9.17) is 9.47 Å². The summed E-state index contributed by atoms with van der Waals surface area (Å²) >= 11 is 1.45. The van der Waals surface area contributed by atoms with Crippen LogP contribution < -0.4 is 16.0 Å². The number of ether oxygens (including phenoxy) is 2. The molecule has 2 heterocycles. The lowest BCUT2D eigenvalue weighted by atomic mass is 10.1. The number of hydrogen-bond donors (Lipinski definition) is 3. The molecule has 0 saturated carbocycles. The van der Waals surface area contributed by atoms with E-state index < -0.39 is 35.8 Å². The van der Waals surface area contributed by atoms with Crippen molar-refractivity contribution in [1.82, 2.24) is 9.55 Å². The molecule has 25 heavy (non-hydrogen) atoms. The summed E-state index contributed by atoms with van der Waals surface area (Å²) in [6.45, 7) is 0. The van der Waals surface area contributed by atoms with Gasteiger partial charge in [-0.25, -0.2) is 4.79 Å². The number of aromatic nitrogens is 2. The Hall–Kier alpha value is -2.07. The summed E-state index contributed by atoms with van der Waals surface area (Å²) < 4.78 is 11.8. The second-order valence-electron chi connectivity index (χ2n) is 5.55. The fourth-order valence-corrected chi connectivity index (χ4v) is 3.54. The number of hydrogen-bond acceptors (Lipinski definition) is 7. The maximum absolute atomic E-state index is 11.8. The minimum Gasteiger partial charge on any atom is -0.497 e. The second-order valence-corrected chi connectivity index (χ2v) is 6.64. The Morgan fingerprint density at radius 3 is 2.56 bits per heavy atom. The number of aromatic amines is 1. The van der Waals surface area contributed by atoms with Crippen LogP contribution in [0.5, 0.6) is 5.75 Å². The quantitative estimate of drug-likeness (QED) is 0.636. The van der Waals surface area contributed by atoms with Crippen LogP contribution in [0.25, 0.3) is 0 Å². The first-order valence-corrected chi connectivity index (χ1v) is 8.58. The van der Waals surface area contributed by atoms with Crippen LogP contribution in [0.15, 0.2) is 51.0 Å². The Bertz CT molecular complexity index is 834. The third-order valence-electron chi connectivity index (χ3n) is 3.94. The van der Waals surface area contributed by atoms with Gasteiger partial charge in [-0.1, -0.05) is 0 Å². The third kappa shape index (κ3) is 3.79. The number of thioether (sulfide) groups is 1. The first kappa shape index (κ1) is 17.7. The molecule has 3 N–H and O–H groups in total. The average Bonchev–Trinajstić information content (AvgIpc) is 2.89. The highest BCUT2D eigenvalue weighted by Crippen LogP contribution is 2.32. The number of benzene rings is 1. The van der Waals surface area contributed by atoms with Crippen LogP contribution in [-0.4, -0.2) is 50.9 Å². The lowest BCUT2D eigenvalue weighted by Gasteiger charge is -2.16. The summed E-state index contributed by atoms with van der Waals surface area (Å²) in [6.07, 6.45) is -2.90. The van der Waals surface area contributed by atoms with Gasteiger partial charge in [0.15, 0.2) is 6.23 Å². The van der Waals surface area contributed by atoms with Crippen LogP contribution in [0, 0.1) is 0 Å². The van der Waals surface area contributed by atoms with E-state index in [9.17, 15) is 19.8 Å². The zero-order valence-corrected chi connectivity index (χ0v) is 14.2. The van der Waals surface area contributed by atoms with Crippen molar-refractivity contribution < 1.29 is 19.7 Å². The van der Waals surface area contributed by atoms with Crippen molar-refractivity contribution in [2.75, 3.05) is 12.9 Å². The molecule has 4 atom stereocenters. The van der Waals surface area contributed by atoms with Crippen LogP contribution in [-0.2, 0) is 4.74 Å². The molecule has 9 heteroatoms. The van der Waals surface area contributed by atoms with Crippen LogP contribution in [0.4, 0.5) is 0 Å². The molecule has 1 aliphatic rings. The van der Waals surface area contributed by atoms with Gasteiger partial charge in [-0.15, -0.1) is 11.8 Å². The number of aliphatic hydroxyl groups excluding tert-OH is 2. The number of aliphatic hydroxyl groups is 2. The van der Waals surface area contributed by atoms with Crippen molar-refractivity contribution in [1.29, 1.82) is 0 Å². The minimum absolute atomic E-state index is 0.388. The van der Waals surface area contributed by atoms with Gasteiger partial charge in [-0.2, -0.15) is 0 Å². The van der Waals surface area contributed by atoms with Crippen LogP contribution in [0.2, 0.25) is 0 Å². The highest BCUT2D eigenvalue weighted by molar-refractivity contribution is 7.99. The first-order valence-electron chi connectivity index (χ1n) is 7.59. The van der Waals surface area contributed by atoms with Crippen molar-refractivity contribution in [2.24, 2.45) is 0 Å². The Balaban J connectivity index is 1.69. The zero-order valence-electron chi connectivity index (χ0n) is 13.4. The average molecular weight is 366 g/mol. The van der Waals surface area contributed by atoms with E-state index in [0.29, 0.717) is 5.75 Å². The number of nitrogens with one attached hydrogen (secondary N) is 1. The van der Waals surface area contributed by atoms with Gasteiger partial charge < -0.3 is 19.7 Å². The first-order chi connectivity index (χ1) is 12.0. The lowest BCUT2D eigenvalue weighted by molar-refractivity contribution is -0.0340. The molecule has 8 nitrogen and oxygen atoms in total. The minimum atomic E-state index is -1.27. The van der Waals surface area contributed by atoms with Crippen LogP contribution in [0.1, 0.15) is 6.23 Å². The summed E-state index contributed by atoms with van der Waals surface area (Å²) in [5.74, 6) is 1.13. The lowest BCUT2D eigenvalue weighted by Crippen LogP contribution is -2.37. The number of rotatable bonds is 5. The maximum Gasteiger partial charge on any atom is 0.330 e. The van der Waals surface area contributed by atoms with Crippen molar-refractivity contribution in [2.45, 2.75) is 29.4 Å². The van der Waals surface area contributed by atoms with E-state index in [1.807, 2.05) is 24.3 Å². The normalized spacial score (nSPS) is 25.9. The Morgan fingerprint density at radius 1 is 1.20 bits per heavy atom. The molecule has 1 aromatic heterocycles. The summed E-state index contributed by atoms with van der Waals surface area (Å²) in [5.41, 5.74) is -1.24. The summed E-state index contributed by atoms with van der Waals surface area (Å²) in [7, 11) is 1.59. The van der Waals surface area contributed by atoms with E-state index in [-0.39, 0.29) is 0 Å². The van der Waals surface area contributed by atoms with Gasteiger partial charge in [0.05, 0.1) is 13.2 Å². The van der Waals surface area contributed by atoms with Gasteiger partial charge in [0.1, 0.15) is 18.0 Å². The zero-order chi connectivity index (χ0) is 18.0. The molecule has 0 spiro atoms. The Labute approximate surface area is 147 Å². The van der Waals surface area contributed by atoms with Crippen molar-refractivity contribution in [3.63, 3.8) is 0 Å². The molecule has 0 unspecified atom stereocenters. The van der Waals surface area contributed by atoms with Gasteiger partial charge in [0.25, 0.3) is 5.56 Å². The van der Waals surface area contributed by atoms with E-state index in [0.717, 1.165) is 21.3 Å². The fraction of sp³-hybridized carbons (Fsp3) is 0.375. The van der Waals surface area contributed by atoms with Crippen molar-refractivity contribution in [3.05, 3.63) is 57.4 Å². The monoisotopic (exact) mass is 366 g/mol. The van der Waals surface area contributed by atoms with Crippen LogP contribution >= 0.6 is 11.8 Å².